The molecule has 0 unspecified atom stereocenters. The van der Waals surface area contributed by atoms with E-state index in [-0.39, 0.29) is 0 Å². The largest absolute Gasteiger partial charge is 0.368 e. The van der Waals surface area contributed by atoms with Crippen LogP contribution in [0, 0.1) is 11.3 Å². The van der Waals surface area contributed by atoms with Gasteiger partial charge in [0, 0.05) is 32.7 Å². The fourth-order valence-corrected chi connectivity index (χ4v) is 2.46. The number of hydrogen-bond acceptors (Lipinski definition) is 6. The Morgan fingerprint density at radius 2 is 1.90 bits per heavy atom. The highest BCUT2D eigenvalue weighted by atomic mass is 15.4. The predicted octanol–water partition coefficient (Wildman–Crippen LogP) is 0.581. The molecule has 1 aliphatic rings. The number of aromatic amines is 1. The molecule has 1 aliphatic heterocycles. The van der Waals surface area contributed by atoms with Gasteiger partial charge in [0.2, 0.25) is 11.9 Å². The summed E-state index contributed by atoms with van der Waals surface area (Å²) in [6.07, 6.45) is 0. The predicted molar refractivity (Wildman–Crippen MR) is 79.4 cm³/mol. The number of nitriles is 1. The highest BCUT2D eigenvalue weighted by Gasteiger charge is 2.19. The molecule has 0 saturated carbocycles. The van der Waals surface area contributed by atoms with E-state index in [2.05, 4.69) is 31.1 Å². The SMILES string of the molecule is N#Cc1ccc(CN2CCN(c3n[nH]c(N)n3)CC2)cc1. The van der Waals surface area contributed by atoms with Gasteiger partial charge in [-0.25, -0.2) is 5.10 Å². The number of H-pyrrole nitrogens is 1. The topological polar surface area (TPSA) is 97.9 Å². The molecule has 108 valence electrons. The first kappa shape index (κ1) is 13.4. The Morgan fingerprint density at radius 1 is 1.19 bits per heavy atom. The number of nitrogens with two attached hydrogens (primary N) is 1. The normalized spacial score (nSPS) is 15.9. The first-order valence-electron chi connectivity index (χ1n) is 6.89. The van der Waals surface area contributed by atoms with Crippen LogP contribution in [-0.2, 0) is 6.54 Å². The molecule has 1 saturated heterocycles. The highest BCUT2D eigenvalue weighted by molar-refractivity contribution is 5.35. The molecule has 1 fully saturated rings. The Morgan fingerprint density at radius 3 is 2.48 bits per heavy atom. The molecule has 2 heterocycles. The molecule has 1 aromatic carbocycles. The number of aromatic nitrogens is 3. The zero-order valence-corrected chi connectivity index (χ0v) is 11.7. The number of benzene rings is 1. The summed E-state index contributed by atoms with van der Waals surface area (Å²) in [7, 11) is 0. The van der Waals surface area contributed by atoms with Gasteiger partial charge in [-0.05, 0) is 17.7 Å². The van der Waals surface area contributed by atoms with Crippen LogP contribution in [0.15, 0.2) is 24.3 Å². The Hall–Kier alpha value is -2.59. The first-order chi connectivity index (χ1) is 10.2. The maximum Gasteiger partial charge on any atom is 0.246 e. The zero-order valence-electron chi connectivity index (χ0n) is 11.7. The lowest BCUT2D eigenvalue weighted by molar-refractivity contribution is 0.249. The highest BCUT2D eigenvalue weighted by Crippen LogP contribution is 2.14. The van der Waals surface area contributed by atoms with E-state index in [0.29, 0.717) is 17.5 Å². The average molecular weight is 283 g/mol. The van der Waals surface area contributed by atoms with Crippen LogP contribution in [0.1, 0.15) is 11.1 Å². The van der Waals surface area contributed by atoms with E-state index < -0.39 is 0 Å². The van der Waals surface area contributed by atoms with Crippen LogP contribution >= 0.6 is 0 Å². The van der Waals surface area contributed by atoms with Crippen molar-refractivity contribution in [2.75, 3.05) is 36.8 Å². The van der Waals surface area contributed by atoms with Gasteiger partial charge in [0.25, 0.3) is 0 Å². The summed E-state index contributed by atoms with van der Waals surface area (Å²) in [6, 6.07) is 9.89. The van der Waals surface area contributed by atoms with E-state index in [0.717, 1.165) is 32.7 Å². The van der Waals surface area contributed by atoms with Crippen molar-refractivity contribution in [3.05, 3.63) is 35.4 Å². The van der Waals surface area contributed by atoms with Gasteiger partial charge in [-0.2, -0.15) is 10.2 Å². The minimum atomic E-state index is 0.352. The molecule has 0 amide bonds. The summed E-state index contributed by atoms with van der Waals surface area (Å²) in [5.41, 5.74) is 7.48. The molecule has 21 heavy (non-hydrogen) atoms. The number of anilines is 2. The minimum Gasteiger partial charge on any atom is -0.368 e. The maximum absolute atomic E-state index is 8.80. The van der Waals surface area contributed by atoms with Crippen molar-refractivity contribution in [1.82, 2.24) is 20.1 Å². The second-order valence-electron chi connectivity index (χ2n) is 5.09. The van der Waals surface area contributed by atoms with Crippen LogP contribution < -0.4 is 10.6 Å². The van der Waals surface area contributed by atoms with E-state index in [9.17, 15) is 0 Å². The van der Waals surface area contributed by atoms with Gasteiger partial charge in [-0.3, -0.25) is 4.90 Å². The van der Waals surface area contributed by atoms with Crippen LogP contribution in [0.25, 0.3) is 0 Å². The molecule has 1 aromatic heterocycles. The van der Waals surface area contributed by atoms with Crippen LogP contribution in [-0.4, -0.2) is 46.3 Å². The molecular weight excluding hydrogens is 266 g/mol. The van der Waals surface area contributed by atoms with Crippen molar-refractivity contribution in [2.24, 2.45) is 0 Å². The van der Waals surface area contributed by atoms with Crippen molar-refractivity contribution in [3.8, 4) is 6.07 Å². The van der Waals surface area contributed by atoms with Crippen LogP contribution in [0.4, 0.5) is 11.9 Å². The lowest BCUT2D eigenvalue weighted by Gasteiger charge is -2.34. The van der Waals surface area contributed by atoms with E-state index >= 15 is 0 Å². The Bertz CT molecular complexity index is 632. The Labute approximate surface area is 123 Å². The molecule has 0 spiro atoms. The maximum atomic E-state index is 8.80. The van der Waals surface area contributed by atoms with Gasteiger partial charge in [0.05, 0.1) is 11.6 Å². The second-order valence-corrected chi connectivity index (χ2v) is 5.09. The number of nitrogens with zero attached hydrogens (tertiary/aromatic N) is 5. The third-order valence-electron chi connectivity index (χ3n) is 3.64. The van der Waals surface area contributed by atoms with Crippen LogP contribution in [0.5, 0.6) is 0 Å². The van der Waals surface area contributed by atoms with Crippen LogP contribution in [0.3, 0.4) is 0 Å². The summed E-state index contributed by atoms with van der Waals surface area (Å²) < 4.78 is 0. The first-order valence-corrected chi connectivity index (χ1v) is 6.89. The van der Waals surface area contributed by atoms with Gasteiger partial charge in [-0.1, -0.05) is 12.1 Å². The number of hydrogen-bond donors (Lipinski definition) is 2. The number of nitrogen functional groups attached to an aromatic ring is 1. The monoisotopic (exact) mass is 283 g/mol. The summed E-state index contributed by atoms with van der Waals surface area (Å²) >= 11 is 0. The smallest absolute Gasteiger partial charge is 0.246 e. The van der Waals surface area contributed by atoms with E-state index in [1.807, 2.05) is 24.3 Å². The lowest BCUT2D eigenvalue weighted by Crippen LogP contribution is -2.46. The summed E-state index contributed by atoms with van der Waals surface area (Å²) in [5, 5.41) is 15.5. The summed E-state index contributed by atoms with van der Waals surface area (Å²) in [6.45, 7) is 4.57. The molecule has 3 N–H and O–H groups in total. The lowest BCUT2D eigenvalue weighted by atomic mass is 10.1. The summed E-state index contributed by atoms with van der Waals surface area (Å²) in [4.78, 5) is 8.66. The van der Waals surface area contributed by atoms with Gasteiger partial charge in [0.15, 0.2) is 0 Å². The second kappa shape index (κ2) is 5.81. The molecule has 3 rings (SSSR count). The number of rotatable bonds is 3. The molecule has 7 heteroatoms. The van der Waals surface area contributed by atoms with Gasteiger partial charge in [-0.15, -0.1) is 5.10 Å². The zero-order chi connectivity index (χ0) is 14.7. The third kappa shape index (κ3) is 3.12. The molecule has 7 nitrogen and oxygen atoms in total. The Balaban J connectivity index is 1.54. The molecule has 0 bridgehead atoms. The van der Waals surface area contributed by atoms with Crippen molar-refractivity contribution in [1.29, 1.82) is 5.26 Å². The minimum absolute atomic E-state index is 0.352. The van der Waals surface area contributed by atoms with Crippen LogP contribution in [0.2, 0.25) is 0 Å². The van der Waals surface area contributed by atoms with Gasteiger partial charge in [0.1, 0.15) is 0 Å². The number of piperazine rings is 1. The van der Waals surface area contributed by atoms with E-state index in [1.165, 1.54) is 5.56 Å². The molecule has 2 aromatic rings. The molecule has 0 radical (unpaired) electrons. The van der Waals surface area contributed by atoms with Crippen molar-refractivity contribution in [2.45, 2.75) is 6.54 Å². The molecule has 0 aliphatic carbocycles. The van der Waals surface area contributed by atoms with Gasteiger partial charge < -0.3 is 10.6 Å². The van der Waals surface area contributed by atoms with Crippen molar-refractivity contribution < 1.29 is 0 Å². The quantitative estimate of drug-likeness (QED) is 0.855. The Kier molecular flexibility index (Phi) is 3.71. The average Bonchev–Trinajstić information content (AvgIpc) is 2.95. The fraction of sp³-hybridized carbons (Fsp3) is 0.357. The fourth-order valence-electron chi connectivity index (χ4n) is 2.46. The van der Waals surface area contributed by atoms with E-state index in [1.54, 1.807) is 0 Å². The van der Waals surface area contributed by atoms with Gasteiger partial charge >= 0.3 is 0 Å². The summed E-state index contributed by atoms with van der Waals surface area (Å²) in [5.74, 6) is 1.02. The molecule has 0 atom stereocenters. The standard InChI is InChI=1S/C14H17N7/c15-9-11-1-3-12(4-2-11)10-20-5-7-21(8-6-20)14-17-13(16)18-19-14/h1-4H,5-8,10H2,(H3,16,17,18,19). The van der Waals surface area contributed by atoms with Crippen molar-refractivity contribution >= 4 is 11.9 Å². The van der Waals surface area contributed by atoms with Crippen molar-refractivity contribution in [3.63, 3.8) is 0 Å². The third-order valence-corrected chi connectivity index (χ3v) is 3.64. The number of nitrogens with one attached hydrogen (secondary N) is 1. The van der Waals surface area contributed by atoms with E-state index in [4.69, 9.17) is 11.0 Å². The molecular formula is C14H17N7.